The lowest BCUT2D eigenvalue weighted by Crippen LogP contribution is -2.19. The maximum Gasteiger partial charge on any atom is 0.416 e. The van der Waals surface area contributed by atoms with Crippen molar-refractivity contribution in [2.24, 2.45) is 0 Å². The number of aliphatic hydroxyl groups excluding tert-OH is 1. The van der Waals surface area contributed by atoms with Crippen molar-refractivity contribution in [3.63, 3.8) is 0 Å². The Morgan fingerprint density at radius 3 is 2.19 bits per heavy atom. The second-order valence-electron chi connectivity index (χ2n) is 6.50. The van der Waals surface area contributed by atoms with E-state index in [9.17, 15) is 18.0 Å². The standard InChI is InChI=1S/C21H20F3N5O3/c22-21(23,24)14-2-4-15(5-3-14)27-20(31)28-16-6-8-17(9-7-16)32-18-10-12-26-19(29-18)25-11-1-13-30/h2-10,12,30H,1,11,13H2,(H,25,26,29)(H2,27,28,31). The van der Waals surface area contributed by atoms with Gasteiger partial charge in [0, 0.05) is 36.8 Å². The molecule has 3 aromatic rings. The molecule has 0 radical (unpaired) electrons. The average Bonchev–Trinajstić information content (AvgIpc) is 2.75. The maximum atomic E-state index is 12.6. The first-order valence-corrected chi connectivity index (χ1v) is 9.54. The molecule has 0 spiro atoms. The minimum absolute atomic E-state index is 0.0614. The lowest BCUT2D eigenvalue weighted by atomic mass is 10.2. The van der Waals surface area contributed by atoms with Crippen molar-refractivity contribution in [3.8, 4) is 11.6 Å². The van der Waals surface area contributed by atoms with Crippen LogP contribution in [0, 0.1) is 0 Å². The Kier molecular flexibility index (Phi) is 7.45. The van der Waals surface area contributed by atoms with Gasteiger partial charge in [0.1, 0.15) is 5.75 Å². The van der Waals surface area contributed by atoms with Crippen molar-refractivity contribution >= 4 is 23.4 Å². The highest BCUT2D eigenvalue weighted by atomic mass is 19.4. The van der Waals surface area contributed by atoms with Crippen LogP contribution in [-0.4, -0.2) is 34.3 Å². The number of alkyl halides is 3. The third kappa shape index (κ3) is 6.84. The van der Waals surface area contributed by atoms with Crippen molar-refractivity contribution in [1.82, 2.24) is 9.97 Å². The molecule has 11 heteroatoms. The average molecular weight is 447 g/mol. The van der Waals surface area contributed by atoms with Gasteiger partial charge in [-0.05, 0) is 55.0 Å². The van der Waals surface area contributed by atoms with Crippen molar-refractivity contribution in [1.29, 1.82) is 0 Å². The number of amides is 2. The highest BCUT2D eigenvalue weighted by Crippen LogP contribution is 2.30. The van der Waals surface area contributed by atoms with E-state index in [1.54, 1.807) is 30.3 Å². The summed E-state index contributed by atoms with van der Waals surface area (Å²) in [5, 5.41) is 16.8. The number of nitrogens with zero attached hydrogens (tertiary/aromatic N) is 2. The molecule has 8 nitrogen and oxygen atoms in total. The molecule has 0 aliphatic rings. The zero-order valence-corrected chi connectivity index (χ0v) is 16.7. The second kappa shape index (κ2) is 10.4. The molecule has 0 saturated heterocycles. The summed E-state index contributed by atoms with van der Waals surface area (Å²) in [5.41, 5.74) is -0.116. The number of rotatable bonds is 8. The molecule has 0 unspecified atom stereocenters. The number of hydrogen-bond donors (Lipinski definition) is 4. The summed E-state index contributed by atoms with van der Waals surface area (Å²) in [6, 6.07) is 11.6. The number of ether oxygens (including phenoxy) is 1. The predicted octanol–water partition coefficient (Wildman–Crippen LogP) is 4.73. The smallest absolute Gasteiger partial charge is 0.416 e. The van der Waals surface area contributed by atoms with Crippen LogP contribution < -0.4 is 20.7 Å². The lowest BCUT2D eigenvalue weighted by Gasteiger charge is -2.11. The van der Waals surface area contributed by atoms with Crippen molar-refractivity contribution in [2.45, 2.75) is 12.6 Å². The normalized spacial score (nSPS) is 11.0. The molecule has 0 aliphatic heterocycles. The molecule has 0 atom stereocenters. The van der Waals surface area contributed by atoms with Crippen LogP contribution in [0.3, 0.4) is 0 Å². The summed E-state index contributed by atoms with van der Waals surface area (Å²) in [4.78, 5) is 20.3. The molecule has 0 aliphatic carbocycles. The number of hydrogen-bond acceptors (Lipinski definition) is 6. The Morgan fingerprint density at radius 2 is 1.59 bits per heavy atom. The fraction of sp³-hybridized carbons (Fsp3) is 0.190. The number of carbonyl (C=O) groups excluding carboxylic acids is 1. The van der Waals surface area contributed by atoms with Gasteiger partial charge in [0.2, 0.25) is 11.8 Å². The number of nitrogens with one attached hydrogen (secondary N) is 3. The summed E-state index contributed by atoms with van der Waals surface area (Å²) in [6.45, 7) is 0.584. The van der Waals surface area contributed by atoms with E-state index < -0.39 is 17.8 Å². The van der Waals surface area contributed by atoms with Gasteiger partial charge in [-0.1, -0.05) is 0 Å². The number of aromatic nitrogens is 2. The van der Waals surface area contributed by atoms with Crippen LogP contribution in [0.1, 0.15) is 12.0 Å². The Hall–Kier alpha value is -3.86. The van der Waals surface area contributed by atoms with Gasteiger partial charge in [-0.3, -0.25) is 0 Å². The molecule has 0 bridgehead atoms. The summed E-state index contributed by atoms with van der Waals surface area (Å²) in [7, 11) is 0. The molecule has 3 rings (SSSR count). The van der Waals surface area contributed by atoms with Crippen LogP contribution in [0.5, 0.6) is 11.6 Å². The SMILES string of the molecule is O=C(Nc1ccc(Oc2ccnc(NCCCO)n2)cc1)Nc1ccc(C(F)(F)F)cc1. The molecule has 1 heterocycles. The molecule has 4 N–H and O–H groups in total. The Balaban J connectivity index is 1.53. The van der Waals surface area contributed by atoms with Crippen LogP contribution in [-0.2, 0) is 6.18 Å². The van der Waals surface area contributed by atoms with Crippen LogP contribution in [0.25, 0.3) is 0 Å². The van der Waals surface area contributed by atoms with Crippen LogP contribution in [0.2, 0.25) is 0 Å². The van der Waals surface area contributed by atoms with Crippen molar-refractivity contribution < 1.29 is 27.8 Å². The van der Waals surface area contributed by atoms with E-state index in [0.29, 0.717) is 36.2 Å². The Bertz CT molecular complexity index is 1030. The molecular weight excluding hydrogens is 427 g/mol. The fourth-order valence-electron chi connectivity index (χ4n) is 2.53. The highest BCUT2D eigenvalue weighted by molar-refractivity contribution is 5.99. The quantitative estimate of drug-likeness (QED) is 0.372. The molecule has 1 aromatic heterocycles. The molecule has 168 valence electrons. The van der Waals surface area contributed by atoms with E-state index in [4.69, 9.17) is 9.84 Å². The number of urea groups is 1. The molecular formula is C21H20F3N5O3. The van der Waals surface area contributed by atoms with Crippen LogP contribution >= 0.6 is 0 Å². The first-order chi connectivity index (χ1) is 15.3. The number of anilines is 3. The molecule has 2 amide bonds. The predicted molar refractivity (Wildman–Crippen MR) is 113 cm³/mol. The van der Waals surface area contributed by atoms with Crippen LogP contribution in [0.15, 0.2) is 60.8 Å². The van der Waals surface area contributed by atoms with E-state index in [1.807, 2.05) is 0 Å². The van der Waals surface area contributed by atoms with Crippen LogP contribution in [0.4, 0.5) is 35.3 Å². The summed E-state index contributed by atoms with van der Waals surface area (Å²) in [6.07, 6.45) is -2.34. The highest BCUT2D eigenvalue weighted by Gasteiger charge is 2.29. The minimum Gasteiger partial charge on any atom is -0.439 e. The van der Waals surface area contributed by atoms with Gasteiger partial charge in [0.05, 0.1) is 5.56 Å². The monoisotopic (exact) mass is 447 g/mol. The molecule has 32 heavy (non-hydrogen) atoms. The first kappa shape index (κ1) is 22.8. The number of aliphatic hydroxyl groups is 1. The van der Waals surface area contributed by atoms with Crippen molar-refractivity contribution in [3.05, 3.63) is 66.4 Å². The summed E-state index contributed by atoms with van der Waals surface area (Å²) in [5.74, 6) is 1.15. The van der Waals surface area contributed by atoms with E-state index in [2.05, 4.69) is 25.9 Å². The fourth-order valence-corrected chi connectivity index (χ4v) is 2.53. The van der Waals surface area contributed by atoms with E-state index in [1.165, 1.54) is 18.3 Å². The number of halogens is 3. The van der Waals surface area contributed by atoms with Gasteiger partial charge in [-0.2, -0.15) is 18.2 Å². The zero-order valence-electron chi connectivity index (χ0n) is 16.7. The number of benzene rings is 2. The largest absolute Gasteiger partial charge is 0.439 e. The van der Waals surface area contributed by atoms with E-state index in [-0.39, 0.29) is 12.3 Å². The summed E-state index contributed by atoms with van der Waals surface area (Å²) < 4.78 is 43.4. The zero-order chi connectivity index (χ0) is 23.0. The Morgan fingerprint density at radius 1 is 0.969 bits per heavy atom. The second-order valence-corrected chi connectivity index (χ2v) is 6.50. The van der Waals surface area contributed by atoms with Gasteiger partial charge in [0.25, 0.3) is 0 Å². The molecule has 2 aromatic carbocycles. The summed E-state index contributed by atoms with van der Waals surface area (Å²) >= 11 is 0. The van der Waals surface area contributed by atoms with Crippen molar-refractivity contribution in [2.75, 3.05) is 29.1 Å². The topological polar surface area (TPSA) is 108 Å². The van der Waals surface area contributed by atoms with Gasteiger partial charge in [-0.25, -0.2) is 9.78 Å². The third-order valence-corrected chi connectivity index (χ3v) is 4.05. The lowest BCUT2D eigenvalue weighted by molar-refractivity contribution is -0.137. The minimum atomic E-state index is -4.44. The van der Waals surface area contributed by atoms with Gasteiger partial charge in [-0.15, -0.1) is 0 Å². The third-order valence-electron chi connectivity index (χ3n) is 4.05. The molecule has 0 fully saturated rings. The Labute approximate surface area is 181 Å². The molecule has 0 saturated carbocycles. The van der Waals surface area contributed by atoms with E-state index in [0.717, 1.165) is 12.1 Å². The maximum absolute atomic E-state index is 12.6. The van der Waals surface area contributed by atoms with Gasteiger partial charge in [0.15, 0.2) is 0 Å². The number of carbonyl (C=O) groups is 1. The van der Waals surface area contributed by atoms with Gasteiger partial charge >= 0.3 is 12.2 Å². The van der Waals surface area contributed by atoms with Gasteiger partial charge < -0.3 is 25.8 Å². The first-order valence-electron chi connectivity index (χ1n) is 9.54. The van der Waals surface area contributed by atoms with E-state index >= 15 is 0 Å².